The summed E-state index contributed by atoms with van der Waals surface area (Å²) < 4.78 is 10.0. The number of methoxy groups -OCH3 is 2. The Morgan fingerprint density at radius 2 is 2.00 bits per heavy atom. The number of nitro benzene ring substituents is 1. The minimum absolute atomic E-state index is 0.0745. The van der Waals surface area contributed by atoms with Gasteiger partial charge in [0.2, 0.25) is 5.75 Å². The lowest BCUT2D eigenvalue weighted by atomic mass is 10.1. The largest absolute Gasteiger partial charge is 0.493 e. The highest BCUT2D eigenvalue weighted by Gasteiger charge is 2.44. The van der Waals surface area contributed by atoms with Crippen LogP contribution in [0.25, 0.3) is 0 Å². The SMILES string of the molecule is COc1cc(C2(O)CC2)cc([N+](=O)[O-])c1OC. The lowest BCUT2D eigenvalue weighted by Gasteiger charge is -2.13. The van der Waals surface area contributed by atoms with Crippen molar-refractivity contribution >= 4 is 5.69 Å². The molecule has 0 bridgehead atoms. The van der Waals surface area contributed by atoms with Crippen LogP contribution in [0.5, 0.6) is 11.5 Å². The van der Waals surface area contributed by atoms with Crippen LogP contribution < -0.4 is 9.47 Å². The number of hydrogen-bond acceptors (Lipinski definition) is 5. The Balaban J connectivity index is 2.59. The van der Waals surface area contributed by atoms with Crippen LogP contribution in [0.4, 0.5) is 5.69 Å². The normalized spacial score (nSPS) is 16.4. The molecule has 0 aromatic heterocycles. The van der Waals surface area contributed by atoms with Gasteiger partial charge in [-0.3, -0.25) is 10.1 Å². The Bertz CT molecular complexity index is 467. The van der Waals surface area contributed by atoms with Gasteiger partial charge in [-0.15, -0.1) is 0 Å². The number of rotatable bonds is 4. The summed E-state index contributed by atoms with van der Waals surface area (Å²) in [4.78, 5) is 10.4. The van der Waals surface area contributed by atoms with Crippen LogP contribution in [-0.2, 0) is 5.60 Å². The van der Waals surface area contributed by atoms with Gasteiger partial charge in [-0.05, 0) is 24.5 Å². The van der Waals surface area contributed by atoms with E-state index in [0.717, 1.165) is 0 Å². The van der Waals surface area contributed by atoms with Crippen LogP contribution in [0, 0.1) is 10.1 Å². The van der Waals surface area contributed by atoms with Gasteiger partial charge in [0, 0.05) is 6.07 Å². The second-order valence-corrected chi connectivity index (χ2v) is 4.02. The molecule has 0 aliphatic heterocycles. The summed E-state index contributed by atoms with van der Waals surface area (Å²) in [6, 6.07) is 2.92. The molecular formula is C11H13NO5. The minimum Gasteiger partial charge on any atom is -0.493 e. The van der Waals surface area contributed by atoms with Gasteiger partial charge in [0.15, 0.2) is 5.75 Å². The molecular weight excluding hydrogens is 226 g/mol. The fourth-order valence-corrected chi connectivity index (χ4v) is 1.76. The quantitative estimate of drug-likeness (QED) is 0.637. The molecule has 1 saturated carbocycles. The van der Waals surface area contributed by atoms with E-state index >= 15 is 0 Å². The molecule has 1 aliphatic carbocycles. The zero-order chi connectivity index (χ0) is 12.6. The summed E-state index contributed by atoms with van der Waals surface area (Å²) in [6.45, 7) is 0. The molecule has 6 heteroatoms. The van der Waals surface area contributed by atoms with E-state index in [1.54, 1.807) is 6.07 Å². The first-order valence-electron chi connectivity index (χ1n) is 5.15. The van der Waals surface area contributed by atoms with Gasteiger partial charge in [0.1, 0.15) is 0 Å². The van der Waals surface area contributed by atoms with Gasteiger partial charge in [-0.2, -0.15) is 0 Å². The fraction of sp³-hybridized carbons (Fsp3) is 0.455. The number of aliphatic hydroxyl groups is 1. The highest BCUT2D eigenvalue weighted by Crippen LogP contribution is 2.49. The molecule has 1 aromatic carbocycles. The summed E-state index contributed by atoms with van der Waals surface area (Å²) in [5.74, 6) is 0.336. The van der Waals surface area contributed by atoms with Crippen molar-refractivity contribution in [3.8, 4) is 11.5 Å². The molecule has 0 unspecified atom stereocenters. The van der Waals surface area contributed by atoms with Gasteiger partial charge in [0.05, 0.1) is 24.7 Å². The van der Waals surface area contributed by atoms with Crippen molar-refractivity contribution in [3.05, 3.63) is 27.8 Å². The molecule has 1 fully saturated rings. The van der Waals surface area contributed by atoms with Crippen molar-refractivity contribution in [3.63, 3.8) is 0 Å². The van der Waals surface area contributed by atoms with Gasteiger partial charge in [-0.1, -0.05) is 0 Å². The van der Waals surface area contributed by atoms with Crippen molar-refractivity contribution in [2.75, 3.05) is 14.2 Å². The van der Waals surface area contributed by atoms with E-state index in [-0.39, 0.29) is 17.2 Å². The average molecular weight is 239 g/mol. The second-order valence-electron chi connectivity index (χ2n) is 4.02. The van der Waals surface area contributed by atoms with Crippen LogP contribution >= 0.6 is 0 Å². The number of benzene rings is 1. The van der Waals surface area contributed by atoms with Gasteiger partial charge >= 0.3 is 5.69 Å². The number of ether oxygens (including phenoxy) is 2. The maximum atomic E-state index is 10.9. The molecule has 1 N–H and O–H groups in total. The van der Waals surface area contributed by atoms with E-state index in [9.17, 15) is 15.2 Å². The second kappa shape index (κ2) is 3.89. The van der Waals surface area contributed by atoms with Crippen LogP contribution in [0.2, 0.25) is 0 Å². The molecule has 0 radical (unpaired) electrons. The van der Waals surface area contributed by atoms with E-state index in [0.29, 0.717) is 18.4 Å². The fourth-order valence-electron chi connectivity index (χ4n) is 1.76. The van der Waals surface area contributed by atoms with Crippen LogP contribution in [-0.4, -0.2) is 24.2 Å². The van der Waals surface area contributed by atoms with Crippen molar-refractivity contribution < 1.29 is 19.5 Å². The van der Waals surface area contributed by atoms with Gasteiger partial charge in [-0.25, -0.2) is 0 Å². The average Bonchev–Trinajstić information content (AvgIpc) is 3.06. The Morgan fingerprint density at radius 3 is 2.41 bits per heavy atom. The highest BCUT2D eigenvalue weighted by atomic mass is 16.6. The molecule has 0 heterocycles. The molecule has 1 aliphatic rings. The molecule has 2 rings (SSSR count). The maximum absolute atomic E-state index is 10.9. The zero-order valence-corrected chi connectivity index (χ0v) is 9.60. The lowest BCUT2D eigenvalue weighted by molar-refractivity contribution is -0.385. The molecule has 0 spiro atoms. The van der Waals surface area contributed by atoms with Gasteiger partial charge < -0.3 is 14.6 Å². The Morgan fingerprint density at radius 1 is 1.35 bits per heavy atom. The van der Waals surface area contributed by atoms with Crippen LogP contribution in [0.1, 0.15) is 18.4 Å². The monoisotopic (exact) mass is 239 g/mol. The number of nitro groups is 1. The Kier molecular flexibility index (Phi) is 2.66. The first kappa shape index (κ1) is 11.7. The third kappa shape index (κ3) is 1.91. The van der Waals surface area contributed by atoms with Crippen molar-refractivity contribution in [1.29, 1.82) is 0 Å². The van der Waals surface area contributed by atoms with Crippen molar-refractivity contribution in [2.45, 2.75) is 18.4 Å². The number of hydrogen-bond donors (Lipinski definition) is 1. The zero-order valence-electron chi connectivity index (χ0n) is 9.60. The smallest absolute Gasteiger partial charge is 0.315 e. The van der Waals surface area contributed by atoms with Crippen molar-refractivity contribution in [2.24, 2.45) is 0 Å². The molecule has 1 aromatic rings. The minimum atomic E-state index is -0.940. The molecule has 0 amide bonds. The summed E-state index contributed by atoms with van der Waals surface area (Å²) >= 11 is 0. The predicted molar refractivity (Wildman–Crippen MR) is 59.3 cm³/mol. The standard InChI is InChI=1S/C11H13NO5/c1-16-9-6-7(11(13)3-4-11)5-8(12(14)15)10(9)17-2/h5-6,13H,3-4H2,1-2H3. The lowest BCUT2D eigenvalue weighted by Crippen LogP contribution is -2.07. The summed E-state index contributed by atoms with van der Waals surface area (Å²) in [5.41, 5.74) is -0.631. The van der Waals surface area contributed by atoms with E-state index in [4.69, 9.17) is 9.47 Å². The number of nitrogens with zero attached hydrogens (tertiary/aromatic N) is 1. The first-order valence-corrected chi connectivity index (χ1v) is 5.15. The molecule has 17 heavy (non-hydrogen) atoms. The summed E-state index contributed by atoms with van der Waals surface area (Å²) in [5, 5.41) is 20.9. The summed E-state index contributed by atoms with van der Waals surface area (Å²) in [6.07, 6.45) is 1.22. The van der Waals surface area contributed by atoms with E-state index in [1.165, 1.54) is 20.3 Å². The van der Waals surface area contributed by atoms with E-state index < -0.39 is 10.5 Å². The van der Waals surface area contributed by atoms with E-state index in [1.807, 2.05) is 0 Å². The molecule has 0 saturated heterocycles. The third-order valence-electron chi connectivity index (χ3n) is 2.92. The Hall–Kier alpha value is -1.82. The molecule has 6 nitrogen and oxygen atoms in total. The van der Waals surface area contributed by atoms with Crippen LogP contribution in [0.15, 0.2) is 12.1 Å². The molecule has 92 valence electrons. The first-order chi connectivity index (χ1) is 8.01. The van der Waals surface area contributed by atoms with Crippen LogP contribution in [0.3, 0.4) is 0 Å². The molecule has 0 atom stereocenters. The van der Waals surface area contributed by atoms with Gasteiger partial charge in [0.25, 0.3) is 0 Å². The highest BCUT2D eigenvalue weighted by molar-refractivity contribution is 5.59. The van der Waals surface area contributed by atoms with E-state index in [2.05, 4.69) is 0 Å². The Labute approximate surface area is 97.9 Å². The maximum Gasteiger partial charge on any atom is 0.315 e. The predicted octanol–water partition coefficient (Wildman–Crippen LogP) is 1.59. The van der Waals surface area contributed by atoms with Crippen molar-refractivity contribution in [1.82, 2.24) is 0 Å². The third-order valence-corrected chi connectivity index (χ3v) is 2.92. The summed E-state index contributed by atoms with van der Waals surface area (Å²) in [7, 11) is 2.75. The topological polar surface area (TPSA) is 81.8 Å².